The molecule has 0 aliphatic rings. The van der Waals surface area contributed by atoms with Gasteiger partial charge in [-0.25, -0.2) is 13.6 Å². The summed E-state index contributed by atoms with van der Waals surface area (Å²) in [6.07, 6.45) is 0. The molecule has 0 aliphatic carbocycles. The van der Waals surface area contributed by atoms with Crippen molar-refractivity contribution in [2.24, 2.45) is 0 Å². The first kappa shape index (κ1) is 14.9. The number of benzene rings is 1. The third kappa shape index (κ3) is 3.17. The van der Waals surface area contributed by atoms with Crippen LogP contribution in [0.25, 0.3) is 0 Å². The normalized spacial score (nSPS) is 10.0. The molecule has 0 spiro atoms. The number of thiophene rings is 1. The molecule has 0 radical (unpaired) electrons. The number of anilines is 2. The minimum absolute atomic E-state index is 0.141. The second-order valence-corrected chi connectivity index (χ2v) is 5.53. The number of halogens is 2. The lowest BCUT2D eigenvalue weighted by atomic mass is 10.2. The molecule has 4 nitrogen and oxygen atoms in total. The van der Waals surface area contributed by atoms with Gasteiger partial charge in [0.1, 0.15) is 22.7 Å². The van der Waals surface area contributed by atoms with Gasteiger partial charge in [-0.05, 0) is 31.5 Å². The number of rotatable bonds is 2. The van der Waals surface area contributed by atoms with Crippen LogP contribution in [0.15, 0.2) is 18.2 Å². The monoisotopic (exact) mass is 307 g/mol. The fourth-order valence-electron chi connectivity index (χ4n) is 1.70. The van der Waals surface area contributed by atoms with E-state index < -0.39 is 17.7 Å². The molecule has 0 aliphatic heterocycles. The highest BCUT2D eigenvalue weighted by molar-refractivity contribution is 7.16. The average molecular weight is 307 g/mol. The summed E-state index contributed by atoms with van der Waals surface area (Å²) in [5, 5.41) is 14.2. The van der Waals surface area contributed by atoms with Crippen LogP contribution in [0.2, 0.25) is 0 Å². The number of hydrogen-bond acceptors (Lipinski definition) is 3. The van der Waals surface area contributed by atoms with Gasteiger partial charge in [0.2, 0.25) is 0 Å². The fourth-order valence-corrected chi connectivity index (χ4v) is 2.70. The quantitative estimate of drug-likeness (QED) is 0.875. The molecule has 2 aromatic rings. The summed E-state index contributed by atoms with van der Waals surface area (Å²) in [6.45, 7) is 3.62. The van der Waals surface area contributed by atoms with Gasteiger partial charge in [0.05, 0.1) is 11.3 Å². The zero-order chi connectivity index (χ0) is 15.6. The number of hydrogen-bond donors (Lipinski definition) is 2. The van der Waals surface area contributed by atoms with Crippen molar-refractivity contribution in [2.45, 2.75) is 13.8 Å². The lowest BCUT2D eigenvalue weighted by Gasteiger charge is -2.07. The molecule has 2 rings (SSSR count). The van der Waals surface area contributed by atoms with Crippen LogP contribution in [-0.2, 0) is 0 Å². The van der Waals surface area contributed by atoms with E-state index in [0.29, 0.717) is 16.6 Å². The van der Waals surface area contributed by atoms with Crippen LogP contribution in [0.5, 0.6) is 0 Å². The van der Waals surface area contributed by atoms with E-state index in [1.54, 1.807) is 6.92 Å². The molecule has 2 amide bonds. The van der Waals surface area contributed by atoms with E-state index in [1.165, 1.54) is 11.3 Å². The molecular weight excluding hydrogens is 296 g/mol. The molecule has 1 aromatic heterocycles. The summed E-state index contributed by atoms with van der Waals surface area (Å²) < 4.78 is 26.2. The SMILES string of the molecule is Cc1sc(NC(=O)Nc2ccc(F)cc2F)c(C#N)c1C. The average Bonchev–Trinajstić information content (AvgIpc) is 2.67. The number of amides is 2. The van der Waals surface area contributed by atoms with Crippen LogP contribution in [0, 0.1) is 36.8 Å². The van der Waals surface area contributed by atoms with Gasteiger partial charge in [0, 0.05) is 10.9 Å². The smallest absolute Gasteiger partial charge is 0.305 e. The van der Waals surface area contributed by atoms with E-state index in [4.69, 9.17) is 5.26 Å². The molecule has 0 bridgehead atoms. The molecule has 0 saturated heterocycles. The summed E-state index contributed by atoms with van der Waals surface area (Å²) in [6, 6.07) is 4.16. The molecule has 0 fully saturated rings. The van der Waals surface area contributed by atoms with Gasteiger partial charge in [-0.1, -0.05) is 0 Å². The van der Waals surface area contributed by atoms with E-state index in [-0.39, 0.29) is 5.69 Å². The van der Waals surface area contributed by atoms with Gasteiger partial charge in [0.25, 0.3) is 0 Å². The number of carbonyl (C=O) groups excluding carboxylic acids is 1. The summed E-state index contributed by atoms with van der Waals surface area (Å²) in [5.41, 5.74) is 1.04. The van der Waals surface area contributed by atoms with Crippen molar-refractivity contribution in [1.82, 2.24) is 0 Å². The highest BCUT2D eigenvalue weighted by Crippen LogP contribution is 2.31. The first-order valence-electron chi connectivity index (χ1n) is 5.95. The van der Waals surface area contributed by atoms with E-state index in [2.05, 4.69) is 10.6 Å². The maximum absolute atomic E-state index is 13.4. The Hall–Kier alpha value is -2.46. The first-order chi connectivity index (χ1) is 9.92. The fraction of sp³-hybridized carbons (Fsp3) is 0.143. The van der Waals surface area contributed by atoms with Crippen molar-refractivity contribution in [1.29, 1.82) is 5.26 Å². The van der Waals surface area contributed by atoms with E-state index in [0.717, 1.165) is 22.6 Å². The zero-order valence-corrected chi connectivity index (χ0v) is 12.1. The minimum atomic E-state index is -0.871. The van der Waals surface area contributed by atoms with Crippen molar-refractivity contribution in [3.63, 3.8) is 0 Å². The van der Waals surface area contributed by atoms with Crippen molar-refractivity contribution in [3.8, 4) is 6.07 Å². The predicted molar refractivity (Wildman–Crippen MR) is 77.5 cm³/mol. The van der Waals surface area contributed by atoms with E-state index >= 15 is 0 Å². The molecule has 108 valence electrons. The van der Waals surface area contributed by atoms with Gasteiger partial charge >= 0.3 is 6.03 Å². The van der Waals surface area contributed by atoms with Crippen LogP contribution >= 0.6 is 11.3 Å². The zero-order valence-electron chi connectivity index (χ0n) is 11.3. The van der Waals surface area contributed by atoms with Crippen LogP contribution in [-0.4, -0.2) is 6.03 Å². The summed E-state index contributed by atoms with van der Waals surface area (Å²) in [5.74, 6) is -1.60. The predicted octanol–water partition coefficient (Wildman–Crippen LogP) is 4.16. The van der Waals surface area contributed by atoms with Crippen molar-refractivity contribution in [3.05, 3.63) is 45.8 Å². The van der Waals surface area contributed by atoms with Crippen LogP contribution in [0.1, 0.15) is 16.0 Å². The summed E-state index contributed by atoms with van der Waals surface area (Å²) in [7, 11) is 0. The molecule has 2 N–H and O–H groups in total. The van der Waals surface area contributed by atoms with Crippen molar-refractivity contribution in [2.75, 3.05) is 10.6 Å². The second kappa shape index (κ2) is 5.89. The molecule has 0 atom stereocenters. The Kier molecular flexibility index (Phi) is 4.19. The lowest BCUT2D eigenvalue weighted by molar-refractivity contribution is 0.262. The Morgan fingerprint density at radius 1 is 1.29 bits per heavy atom. The third-order valence-electron chi connectivity index (χ3n) is 2.90. The van der Waals surface area contributed by atoms with E-state index in [1.807, 2.05) is 13.0 Å². The summed E-state index contributed by atoms with van der Waals surface area (Å²) >= 11 is 1.26. The number of nitriles is 1. The maximum Gasteiger partial charge on any atom is 0.324 e. The summed E-state index contributed by atoms with van der Waals surface area (Å²) in [4.78, 5) is 12.7. The number of nitrogens with one attached hydrogen (secondary N) is 2. The molecule has 1 heterocycles. The van der Waals surface area contributed by atoms with Gasteiger partial charge in [-0.2, -0.15) is 5.26 Å². The standard InChI is InChI=1S/C14H11F2N3OS/c1-7-8(2)21-13(10(7)6-17)19-14(20)18-12-4-3-9(15)5-11(12)16/h3-5H,1-2H3,(H2,18,19,20). The van der Waals surface area contributed by atoms with Crippen LogP contribution < -0.4 is 10.6 Å². The number of aryl methyl sites for hydroxylation is 1. The van der Waals surface area contributed by atoms with Gasteiger partial charge in [-0.15, -0.1) is 11.3 Å². The Morgan fingerprint density at radius 2 is 2.00 bits per heavy atom. The molecule has 0 saturated carbocycles. The Bertz CT molecular complexity index is 749. The number of nitrogens with zero attached hydrogens (tertiary/aromatic N) is 1. The topological polar surface area (TPSA) is 64.9 Å². The van der Waals surface area contributed by atoms with E-state index in [9.17, 15) is 13.6 Å². The highest BCUT2D eigenvalue weighted by Gasteiger charge is 2.15. The minimum Gasteiger partial charge on any atom is -0.305 e. The number of urea groups is 1. The first-order valence-corrected chi connectivity index (χ1v) is 6.77. The third-order valence-corrected chi connectivity index (χ3v) is 4.03. The highest BCUT2D eigenvalue weighted by atomic mass is 32.1. The Labute approximate surface area is 124 Å². The van der Waals surface area contributed by atoms with Crippen molar-refractivity contribution >= 4 is 28.1 Å². The van der Waals surface area contributed by atoms with Crippen LogP contribution in [0.4, 0.5) is 24.3 Å². The molecule has 21 heavy (non-hydrogen) atoms. The molecule has 0 unspecified atom stereocenters. The second-order valence-electron chi connectivity index (χ2n) is 4.30. The van der Waals surface area contributed by atoms with Gasteiger partial charge in [-0.3, -0.25) is 5.32 Å². The van der Waals surface area contributed by atoms with Gasteiger partial charge < -0.3 is 5.32 Å². The lowest BCUT2D eigenvalue weighted by Crippen LogP contribution is -2.20. The van der Waals surface area contributed by atoms with Crippen molar-refractivity contribution < 1.29 is 13.6 Å². The number of carbonyl (C=O) groups is 1. The molecule has 7 heteroatoms. The maximum atomic E-state index is 13.4. The molecule has 1 aromatic carbocycles. The largest absolute Gasteiger partial charge is 0.324 e. The van der Waals surface area contributed by atoms with Gasteiger partial charge in [0.15, 0.2) is 0 Å². The molecular formula is C14H11F2N3OS. The Balaban J connectivity index is 2.16. The Morgan fingerprint density at radius 3 is 2.62 bits per heavy atom. The van der Waals surface area contributed by atoms with Crippen LogP contribution in [0.3, 0.4) is 0 Å².